The van der Waals surface area contributed by atoms with Gasteiger partial charge in [-0.3, -0.25) is 0 Å². The van der Waals surface area contributed by atoms with E-state index in [2.05, 4.69) is 14.8 Å². The zero-order chi connectivity index (χ0) is 13.5. The molecule has 2 heterocycles. The highest BCUT2D eigenvalue weighted by atomic mass is 32.2. The molecule has 1 saturated heterocycles. The smallest absolute Gasteiger partial charge is 0.191 e. The summed E-state index contributed by atoms with van der Waals surface area (Å²) in [5.41, 5.74) is 6.29. The van der Waals surface area contributed by atoms with Crippen LogP contribution in [-0.2, 0) is 4.74 Å². The summed E-state index contributed by atoms with van der Waals surface area (Å²) in [5, 5.41) is 9.95. The maximum absolute atomic E-state index is 6.29. The molecule has 1 aromatic heterocycles. The van der Waals surface area contributed by atoms with Gasteiger partial charge in [0.15, 0.2) is 5.16 Å². The lowest BCUT2D eigenvalue weighted by atomic mass is 10.0. The summed E-state index contributed by atoms with van der Waals surface area (Å²) < 4.78 is 7.83. The highest BCUT2D eigenvalue weighted by molar-refractivity contribution is 7.99. The number of nitrogens with two attached hydrogens (primary N) is 1. The Balaban J connectivity index is 1.42. The molecule has 1 aromatic rings. The molecule has 0 aromatic carbocycles. The summed E-state index contributed by atoms with van der Waals surface area (Å²) >= 11 is 1.79. The standard InChI is InChI=1S/C14H22N4OS/c15-12(10-5-6-19-7-10)8-20-14-17-16-13(9-1-2-9)18(14)11-3-4-11/h9-12H,1-8,15H2. The van der Waals surface area contributed by atoms with Gasteiger partial charge in [0.1, 0.15) is 5.82 Å². The summed E-state index contributed by atoms with van der Waals surface area (Å²) in [5.74, 6) is 3.34. The van der Waals surface area contributed by atoms with E-state index in [-0.39, 0.29) is 6.04 Å². The van der Waals surface area contributed by atoms with E-state index < -0.39 is 0 Å². The van der Waals surface area contributed by atoms with Crippen LogP contribution in [0.15, 0.2) is 5.16 Å². The van der Waals surface area contributed by atoms with Crippen LogP contribution in [0.25, 0.3) is 0 Å². The molecule has 2 aliphatic carbocycles. The van der Waals surface area contributed by atoms with E-state index >= 15 is 0 Å². The summed E-state index contributed by atoms with van der Waals surface area (Å²) in [4.78, 5) is 0. The van der Waals surface area contributed by atoms with E-state index in [4.69, 9.17) is 10.5 Å². The van der Waals surface area contributed by atoms with Crippen LogP contribution in [0.2, 0.25) is 0 Å². The lowest BCUT2D eigenvalue weighted by Crippen LogP contribution is -2.32. The fraction of sp³-hybridized carbons (Fsp3) is 0.857. The third-order valence-corrected chi connectivity index (χ3v) is 5.61. The molecule has 2 unspecified atom stereocenters. The van der Waals surface area contributed by atoms with Gasteiger partial charge in [0, 0.05) is 36.3 Å². The van der Waals surface area contributed by atoms with Crippen molar-refractivity contribution >= 4 is 11.8 Å². The van der Waals surface area contributed by atoms with E-state index in [1.807, 2.05) is 0 Å². The fourth-order valence-electron chi connectivity index (χ4n) is 2.88. The van der Waals surface area contributed by atoms with Crippen molar-refractivity contribution < 1.29 is 4.74 Å². The van der Waals surface area contributed by atoms with Crippen LogP contribution in [0.3, 0.4) is 0 Å². The number of hydrogen-bond acceptors (Lipinski definition) is 5. The van der Waals surface area contributed by atoms with E-state index in [9.17, 15) is 0 Å². The molecule has 5 nitrogen and oxygen atoms in total. The van der Waals surface area contributed by atoms with E-state index in [0.717, 1.165) is 30.5 Å². The van der Waals surface area contributed by atoms with Crippen molar-refractivity contribution in [3.63, 3.8) is 0 Å². The Morgan fingerprint density at radius 1 is 1.25 bits per heavy atom. The molecule has 6 heteroatoms. The van der Waals surface area contributed by atoms with Gasteiger partial charge >= 0.3 is 0 Å². The first-order valence-electron chi connectivity index (χ1n) is 7.74. The molecule has 3 fully saturated rings. The van der Waals surface area contributed by atoms with Crippen LogP contribution in [-0.4, -0.2) is 39.8 Å². The average Bonchev–Trinajstić information content (AvgIpc) is 3.39. The first-order valence-corrected chi connectivity index (χ1v) is 8.72. The Kier molecular flexibility index (Phi) is 3.48. The normalized spacial score (nSPS) is 27.9. The predicted octanol–water partition coefficient (Wildman–Crippen LogP) is 1.95. The zero-order valence-electron chi connectivity index (χ0n) is 11.7. The first-order chi connectivity index (χ1) is 9.83. The monoisotopic (exact) mass is 294 g/mol. The second kappa shape index (κ2) is 5.31. The largest absolute Gasteiger partial charge is 0.381 e. The number of rotatable bonds is 6. The van der Waals surface area contributed by atoms with Gasteiger partial charge in [-0.25, -0.2) is 0 Å². The van der Waals surface area contributed by atoms with Gasteiger partial charge in [-0.2, -0.15) is 0 Å². The summed E-state index contributed by atoms with van der Waals surface area (Å²) in [6.07, 6.45) is 6.24. The molecule has 0 radical (unpaired) electrons. The van der Waals surface area contributed by atoms with E-state index in [1.165, 1.54) is 31.5 Å². The number of nitrogens with zero attached hydrogens (tertiary/aromatic N) is 3. The average molecular weight is 294 g/mol. The van der Waals surface area contributed by atoms with Gasteiger partial charge in [-0.15, -0.1) is 10.2 Å². The van der Waals surface area contributed by atoms with Crippen LogP contribution in [0.1, 0.15) is 49.9 Å². The fourth-order valence-corrected chi connectivity index (χ4v) is 3.97. The molecule has 2 N–H and O–H groups in total. The maximum Gasteiger partial charge on any atom is 0.191 e. The summed E-state index contributed by atoms with van der Waals surface area (Å²) in [6, 6.07) is 0.866. The Bertz CT molecular complexity index is 478. The summed E-state index contributed by atoms with van der Waals surface area (Å²) in [6.45, 7) is 1.69. The molecule has 0 bridgehead atoms. The van der Waals surface area contributed by atoms with Gasteiger partial charge in [-0.05, 0) is 32.1 Å². The Morgan fingerprint density at radius 2 is 2.10 bits per heavy atom. The molecule has 1 aliphatic heterocycles. The van der Waals surface area contributed by atoms with Crippen molar-refractivity contribution in [1.29, 1.82) is 0 Å². The third kappa shape index (κ3) is 2.61. The van der Waals surface area contributed by atoms with Crippen molar-refractivity contribution in [3.8, 4) is 0 Å². The van der Waals surface area contributed by atoms with Gasteiger partial charge in [-0.1, -0.05) is 11.8 Å². The van der Waals surface area contributed by atoms with Crippen LogP contribution < -0.4 is 5.73 Å². The van der Waals surface area contributed by atoms with Crippen molar-refractivity contribution in [2.45, 2.75) is 55.3 Å². The van der Waals surface area contributed by atoms with Crippen molar-refractivity contribution in [2.75, 3.05) is 19.0 Å². The molecule has 2 saturated carbocycles. The lowest BCUT2D eigenvalue weighted by Gasteiger charge is -2.17. The van der Waals surface area contributed by atoms with Crippen LogP contribution in [0.4, 0.5) is 0 Å². The Morgan fingerprint density at radius 3 is 2.75 bits per heavy atom. The van der Waals surface area contributed by atoms with Gasteiger partial charge in [0.2, 0.25) is 0 Å². The van der Waals surface area contributed by atoms with Crippen LogP contribution in [0.5, 0.6) is 0 Å². The number of hydrogen-bond donors (Lipinski definition) is 1. The Labute approximate surface area is 123 Å². The lowest BCUT2D eigenvalue weighted by molar-refractivity contribution is 0.182. The number of ether oxygens (including phenoxy) is 1. The van der Waals surface area contributed by atoms with Crippen molar-refractivity contribution in [1.82, 2.24) is 14.8 Å². The molecular weight excluding hydrogens is 272 g/mol. The van der Waals surface area contributed by atoms with Crippen LogP contribution >= 0.6 is 11.8 Å². The highest BCUT2D eigenvalue weighted by Crippen LogP contribution is 2.46. The summed E-state index contributed by atoms with van der Waals surface area (Å²) in [7, 11) is 0. The minimum Gasteiger partial charge on any atom is -0.381 e. The molecule has 2 atom stereocenters. The van der Waals surface area contributed by atoms with Crippen molar-refractivity contribution in [2.24, 2.45) is 11.7 Å². The first kappa shape index (κ1) is 13.1. The highest BCUT2D eigenvalue weighted by Gasteiger charge is 2.36. The van der Waals surface area contributed by atoms with Crippen LogP contribution in [0, 0.1) is 5.92 Å². The molecule has 110 valence electrons. The van der Waals surface area contributed by atoms with E-state index in [0.29, 0.717) is 17.9 Å². The molecule has 4 rings (SSSR count). The molecular formula is C14H22N4OS. The maximum atomic E-state index is 6.29. The predicted molar refractivity (Wildman–Crippen MR) is 77.9 cm³/mol. The van der Waals surface area contributed by atoms with Gasteiger partial charge < -0.3 is 15.0 Å². The van der Waals surface area contributed by atoms with Crippen molar-refractivity contribution in [3.05, 3.63) is 5.82 Å². The van der Waals surface area contributed by atoms with Gasteiger partial charge in [0.25, 0.3) is 0 Å². The second-order valence-corrected chi connectivity index (χ2v) is 7.30. The quantitative estimate of drug-likeness (QED) is 0.812. The SMILES string of the molecule is NC(CSc1nnc(C2CC2)n1C1CC1)C1CCOC1. The minimum atomic E-state index is 0.205. The second-order valence-electron chi connectivity index (χ2n) is 6.31. The molecule has 3 aliphatic rings. The molecule has 0 spiro atoms. The third-order valence-electron chi connectivity index (χ3n) is 4.52. The van der Waals surface area contributed by atoms with E-state index in [1.54, 1.807) is 11.8 Å². The topological polar surface area (TPSA) is 66.0 Å². The Hall–Kier alpha value is -0.590. The minimum absolute atomic E-state index is 0.205. The molecule has 20 heavy (non-hydrogen) atoms. The molecule has 0 amide bonds. The van der Waals surface area contributed by atoms with Gasteiger partial charge in [0.05, 0.1) is 6.61 Å². The number of thioether (sulfide) groups is 1. The number of aromatic nitrogens is 3. The zero-order valence-corrected chi connectivity index (χ0v) is 12.5.